The van der Waals surface area contributed by atoms with E-state index in [1.807, 2.05) is 80.2 Å². The van der Waals surface area contributed by atoms with Crippen molar-refractivity contribution in [2.45, 2.75) is 27.2 Å². The highest BCUT2D eigenvalue weighted by molar-refractivity contribution is 6.36. The summed E-state index contributed by atoms with van der Waals surface area (Å²) in [4.78, 5) is 25.0. The highest BCUT2D eigenvalue weighted by Gasteiger charge is 2.11. The van der Waals surface area contributed by atoms with Crippen LogP contribution in [0.4, 0.5) is 0 Å². The van der Waals surface area contributed by atoms with Gasteiger partial charge in [0.15, 0.2) is 5.78 Å². The van der Waals surface area contributed by atoms with Crippen molar-refractivity contribution in [1.29, 1.82) is 0 Å². The summed E-state index contributed by atoms with van der Waals surface area (Å²) in [6.45, 7) is 6.03. The molecule has 3 heterocycles. The lowest BCUT2D eigenvalue weighted by Crippen LogP contribution is -2.05. The van der Waals surface area contributed by atoms with Crippen molar-refractivity contribution in [3.63, 3.8) is 0 Å². The Kier molecular flexibility index (Phi) is 6.10. The number of aryl methyl sites for hydroxylation is 3. The number of nitrogens with zero attached hydrogens (tertiary/aromatic N) is 3. The van der Waals surface area contributed by atoms with Gasteiger partial charge in [-0.2, -0.15) is 0 Å². The van der Waals surface area contributed by atoms with E-state index in [4.69, 9.17) is 11.6 Å². The van der Waals surface area contributed by atoms with Crippen LogP contribution in [0.1, 0.15) is 43.9 Å². The number of hydrogen-bond acceptors (Lipinski definition) is 3. The number of carbonyl (C=O) groups excluding carboxylic acids is 1. The van der Waals surface area contributed by atoms with Gasteiger partial charge in [-0.05, 0) is 67.3 Å². The number of nitrogens with one attached hydrogen (secondary N) is 1. The van der Waals surface area contributed by atoms with Gasteiger partial charge in [0.05, 0.1) is 17.0 Å². The Hall–Kier alpha value is -3.96. The zero-order valence-corrected chi connectivity index (χ0v) is 20.6. The average Bonchev–Trinajstić information content (AvgIpc) is 3.48. The molecule has 0 fully saturated rings. The number of fused-ring (bicyclic) bond motifs is 1. The normalized spacial score (nSPS) is 11.5. The quantitative estimate of drug-likeness (QED) is 0.268. The molecule has 5 aromatic rings. The third-order valence-corrected chi connectivity index (χ3v) is 6.51. The SMILES string of the molecule is Cc1cc(CC(=O)c2ccc(C)c(/C=C/c3cnc4[nH]ccc4c3Cl)c2)cc(-n2cnc(C)c2)c1. The van der Waals surface area contributed by atoms with E-state index in [9.17, 15) is 4.79 Å². The number of Topliss-reactive ketones (excluding diaryl/α,β-unsaturated/α-hetero) is 1. The van der Waals surface area contributed by atoms with Crippen molar-refractivity contribution < 1.29 is 4.79 Å². The van der Waals surface area contributed by atoms with Gasteiger partial charge in [-0.15, -0.1) is 0 Å². The largest absolute Gasteiger partial charge is 0.346 e. The number of ketones is 1. The number of H-pyrrole nitrogens is 1. The predicted molar refractivity (Wildman–Crippen MR) is 142 cm³/mol. The smallest absolute Gasteiger partial charge is 0.167 e. The molecule has 35 heavy (non-hydrogen) atoms. The number of aromatic amines is 1. The monoisotopic (exact) mass is 480 g/mol. The summed E-state index contributed by atoms with van der Waals surface area (Å²) in [6, 6.07) is 13.9. The summed E-state index contributed by atoms with van der Waals surface area (Å²) in [5.74, 6) is 0.0754. The predicted octanol–water partition coefficient (Wildman–Crippen LogP) is 6.92. The Labute approximate surface area is 209 Å². The fourth-order valence-electron chi connectivity index (χ4n) is 4.22. The van der Waals surface area contributed by atoms with Crippen LogP contribution in [0.25, 0.3) is 28.9 Å². The topological polar surface area (TPSA) is 63.6 Å². The maximum absolute atomic E-state index is 13.2. The van der Waals surface area contributed by atoms with Crippen LogP contribution in [-0.4, -0.2) is 25.3 Å². The van der Waals surface area contributed by atoms with Crippen LogP contribution < -0.4 is 0 Å². The van der Waals surface area contributed by atoms with E-state index in [1.165, 1.54) is 0 Å². The second-order valence-electron chi connectivity index (χ2n) is 8.87. The van der Waals surface area contributed by atoms with E-state index in [0.717, 1.165) is 50.2 Å². The maximum atomic E-state index is 13.2. The lowest BCUT2D eigenvalue weighted by molar-refractivity contribution is 0.0993. The Bertz CT molecular complexity index is 1590. The van der Waals surface area contributed by atoms with Crippen LogP contribution in [0.3, 0.4) is 0 Å². The molecule has 0 bridgehead atoms. The number of imidazole rings is 1. The van der Waals surface area contributed by atoms with Gasteiger partial charge in [-0.1, -0.05) is 42.0 Å². The molecule has 2 aromatic carbocycles. The zero-order chi connectivity index (χ0) is 24.5. The first-order valence-electron chi connectivity index (χ1n) is 11.4. The second-order valence-corrected chi connectivity index (χ2v) is 9.25. The fourth-order valence-corrected chi connectivity index (χ4v) is 4.49. The maximum Gasteiger partial charge on any atom is 0.167 e. The molecule has 0 amide bonds. The molecular weight excluding hydrogens is 456 g/mol. The highest BCUT2D eigenvalue weighted by atomic mass is 35.5. The number of benzene rings is 2. The van der Waals surface area contributed by atoms with Gasteiger partial charge in [0, 0.05) is 47.2 Å². The Morgan fingerprint density at radius 3 is 2.66 bits per heavy atom. The summed E-state index contributed by atoms with van der Waals surface area (Å²) in [5.41, 5.74) is 8.37. The average molecular weight is 481 g/mol. The summed E-state index contributed by atoms with van der Waals surface area (Å²) in [6.07, 6.45) is 11.6. The van der Waals surface area contributed by atoms with Gasteiger partial charge >= 0.3 is 0 Å². The molecule has 0 spiro atoms. The molecule has 0 atom stereocenters. The van der Waals surface area contributed by atoms with Crippen LogP contribution in [0.2, 0.25) is 5.02 Å². The van der Waals surface area contributed by atoms with E-state index in [-0.39, 0.29) is 5.78 Å². The molecule has 1 N–H and O–H groups in total. The molecule has 0 aliphatic heterocycles. The molecule has 3 aromatic heterocycles. The van der Waals surface area contributed by atoms with Gasteiger partial charge in [0.2, 0.25) is 0 Å². The fraction of sp³-hybridized carbons (Fsp3) is 0.138. The van der Waals surface area contributed by atoms with Crippen LogP contribution in [0.5, 0.6) is 0 Å². The van der Waals surface area contributed by atoms with Gasteiger partial charge in [0.25, 0.3) is 0 Å². The van der Waals surface area contributed by atoms with Crippen molar-refractivity contribution >= 4 is 40.6 Å². The Morgan fingerprint density at radius 2 is 1.86 bits per heavy atom. The molecule has 0 saturated heterocycles. The van der Waals surface area contributed by atoms with Gasteiger partial charge < -0.3 is 9.55 Å². The molecule has 0 aliphatic rings. The van der Waals surface area contributed by atoms with Crippen molar-refractivity contribution in [3.8, 4) is 5.69 Å². The van der Waals surface area contributed by atoms with Crippen molar-refractivity contribution in [2.24, 2.45) is 0 Å². The van der Waals surface area contributed by atoms with Crippen molar-refractivity contribution in [2.75, 3.05) is 0 Å². The van der Waals surface area contributed by atoms with Gasteiger partial charge in [-0.25, -0.2) is 9.97 Å². The lowest BCUT2D eigenvalue weighted by atomic mass is 9.97. The van der Waals surface area contributed by atoms with Crippen molar-refractivity contribution in [1.82, 2.24) is 19.5 Å². The standard InChI is InChI=1S/C29H25ClN4O/c1-18-10-21(12-25(11-18)34-16-20(3)33-17-34)13-27(35)23-5-4-19(2)22(14-23)6-7-24-15-32-29-26(28(24)30)8-9-31-29/h4-12,14-17H,13H2,1-3H3,(H,31,32)/b7-6+. The lowest BCUT2D eigenvalue weighted by Gasteiger charge is -2.09. The number of halogens is 1. The van der Waals surface area contributed by atoms with Crippen LogP contribution in [-0.2, 0) is 6.42 Å². The zero-order valence-electron chi connectivity index (χ0n) is 19.8. The number of hydrogen-bond donors (Lipinski definition) is 1. The Morgan fingerprint density at radius 1 is 1.03 bits per heavy atom. The van der Waals surface area contributed by atoms with Gasteiger partial charge in [0.1, 0.15) is 5.65 Å². The molecule has 6 heteroatoms. The van der Waals surface area contributed by atoms with E-state index in [2.05, 4.69) is 27.1 Å². The molecular formula is C29H25ClN4O. The molecule has 0 saturated carbocycles. The third kappa shape index (κ3) is 4.81. The molecule has 0 radical (unpaired) electrons. The summed E-state index contributed by atoms with van der Waals surface area (Å²) < 4.78 is 1.98. The minimum Gasteiger partial charge on any atom is -0.346 e. The van der Waals surface area contributed by atoms with Gasteiger partial charge in [-0.3, -0.25) is 4.79 Å². The number of pyridine rings is 1. The number of aromatic nitrogens is 4. The van der Waals surface area contributed by atoms with E-state index in [0.29, 0.717) is 17.0 Å². The van der Waals surface area contributed by atoms with Crippen molar-refractivity contribution in [3.05, 3.63) is 111 Å². The molecule has 0 aliphatic carbocycles. The number of carbonyl (C=O) groups is 1. The second kappa shape index (κ2) is 9.35. The summed E-state index contributed by atoms with van der Waals surface area (Å²) in [5, 5.41) is 1.54. The minimum absolute atomic E-state index is 0.0754. The first-order valence-corrected chi connectivity index (χ1v) is 11.8. The van der Waals surface area contributed by atoms with Crippen LogP contribution in [0.15, 0.2) is 67.4 Å². The molecule has 5 rings (SSSR count). The summed E-state index contributed by atoms with van der Waals surface area (Å²) >= 11 is 6.56. The molecule has 0 unspecified atom stereocenters. The van der Waals surface area contributed by atoms with E-state index >= 15 is 0 Å². The van der Waals surface area contributed by atoms with Crippen LogP contribution >= 0.6 is 11.6 Å². The van der Waals surface area contributed by atoms with E-state index < -0.39 is 0 Å². The highest BCUT2D eigenvalue weighted by Crippen LogP contribution is 2.27. The third-order valence-electron chi connectivity index (χ3n) is 6.09. The molecule has 174 valence electrons. The Balaban J connectivity index is 1.39. The summed E-state index contributed by atoms with van der Waals surface area (Å²) in [7, 11) is 0. The van der Waals surface area contributed by atoms with E-state index in [1.54, 1.807) is 12.5 Å². The first-order chi connectivity index (χ1) is 16.9. The molecule has 5 nitrogen and oxygen atoms in total. The first kappa shape index (κ1) is 22.8. The number of rotatable bonds is 6. The van der Waals surface area contributed by atoms with Crippen LogP contribution in [0, 0.1) is 20.8 Å². The minimum atomic E-state index is 0.0754.